The largest absolute Gasteiger partial charge is 0.410 e. The molecule has 0 aliphatic heterocycles. The highest BCUT2D eigenvalue weighted by atomic mass is 28.3. The Bertz CT molecular complexity index is 93.6. The number of allylic oxidation sites excluding steroid dienone is 1. The van der Waals surface area contributed by atoms with Crippen LogP contribution in [-0.2, 0) is 9.16 Å². The normalized spacial score (nSPS) is 11.6. The van der Waals surface area contributed by atoms with Crippen molar-refractivity contribution in [2.75, 3.05) is 20.3 Å². The number of methoxy groups -OCH3 is 1. The van der Waals surface area contributed by atoms with E-state index < -0.39 is 9.04 Å². The molecule has 0 bridgehead atoms. The lowest BCUT2D eigenvalue weighted by Crippen LogP contribution is -2.13. The zero-order valence-electron chi connectivity index (χ0n) is 6.89. The predicted octanol–water partition coefficient (Wildman–Crippen LogP) is 1.39. The molecular formula is C7H15O2Si. The van der Waals surface area contributed by atoms with Crippen molar-refractivity contribution in [3.05, 3.63) is 11.8 Å². The van der Waals surface area contributed by atoms with Gasteiger partial charge in [0.2, 0.25) is 9.04 Å². The molecule has 10 heavy (non-hydrogen) atoms. The molecule has 0 aliphatic rings. The van der Waals surface area contributed by atoms with E-state index in [1.165, 1.54) is 0 Å². The number of rotatable bonds is 5. The average molecular weight is 159 g/mol. The Morgan fingerprint density at radius 1 is 1.40 bits per heavy atom. The van der Waals surface area contributed by atoms with Crippen LogP contribution in [0.3, 0.4) is 0 Å². The molecule has 0 saturated carbocycles. The highest BCUT2D eigenvalue weighted by Crippen LogP contribution is 1.87. The van der Waals surface area contributed by atoms with Crippen LogP contribution in [0.4, 0.5) is 0 Å². The summed E-state index contributed by atoms with van der Waals surface area (Å²) in [6, 6.07) is 0. The minimum Gasteiger partial charge on any atom is -0.410 e. The third kappa shape index (κ3) is 6.00. The lowest BCUT2D eigenvalue weighted by molar-refractivity contribution is 0.147. The molecule has 0 heterocycles. The van der Waals surface area contributed by atoms with Gasteiger partial charge in [-0.25, -0.2) is 0 Å². The van der Waals surface area contributed by atoms with Crippen molar-refractivity contribution < 1.29 is 9.16 Å². The summed E-state index contributed by atoms with van der Waals surface area (Å²) in [4.78, 5) is 0. The Kier molecular flexibility index (Phi) is 6.90. The molecule has 0 rings (SSSR count). The second kappa shape index (κ2) is 6.99. The van der Waals surface area contributed by atoms with Crippen LogP contribution < -0.4 is 0 Å². The maximum atomic E-state index is 5.41. The molecule has 0 fully saturated rings. The zero-order chi connectivity index (χ0) is 7.82. The Hall–Kier alpha value is -0.123. The fourth-order valence-corrected chi connectivity index (χ4v) is 1.54. The van der Waals surface area contributed by atoms with Gasteiger partial charge in [-0.2, -0.15) is 0 Å². The van der Waals surface area contributed by atoms with Gasteiger partial charge in [-0.15, -0.1) is 0 Å². The van der Waals surface area contributed by atoms with Crippen molar-refractivity contribution in [2.45, 2.75) is 13.5 Å². The van der Waals surface area contributed by atoms with Crippen LogP contribution in [0.15, 0.2) is 11.8 Å². The molecule has 0 aromatic rings. The van der Waals surface area contributed by atoms with E-state index >= 15 is 0 Å². The van der Waals surface area contributed by atoms with Gasteiger partial charge < -0.3 is 9.16 Å². The summed E-state index contributed by atoms with van der Waals surface area (Å²) in [6.45, 7) is 5.53. The molecule has 0 saturated heterocycles. The molecule has 0 amide bonds. The van der Waals surface area contributed by atoms with E-state index in [2.05, 4.69) is 12.2 Å². The molecule has 0 aromatic carbocycles. The Balaban J connectivity index is 3.13. The third-order valence-electron chi connectivity index (χ3n) is 1.02. The molecule has 0 N–H and O–H groups in total. The minimum absolute atomic E-state index is 0.674. The van der Waals surface area contributed by atoms with Gasteiger partial charge in [0.1, 0.15) is 0 Å². The molecule has 0 aliphatic carbocycles. The fourth-order valence-electron chi connectivity index (χ4n) is 0.569. The number of hydrogen-bond donors (Lipinski definition) is 0. The Morgan fingerprint density at radius 3 is 2.60 bits per heavy atom. The average Bonchev–Trinajstić information content (AvgIpc) is 1.89. The van der Waals surface area contributed by atoms with Gasteiger partial charge in [-0.1, -0.05) is 11.8 Å². The van der Waals surface area contributed by atoms with Crippen molar-refractivity contribution in [3.63, 3.8) is 0 Å². The van der Waals surface area contributed by atoms with E-state index in [0.29, 0.717) is 13.2 Å². The molecule has 3 heteroatoms. The van der Waals surface area contributed by atoms with E-state index in [1.54, 1.807) is 7.11 Å². The zero-order valence-corrected chi connectivity index (χ0v) is 7.89. The number of ether oxygens (including phenoxy) is 1. The quantitative estimate of drug-likeness (QED) is 0.446. The molecular weight excluding hydrogens is 144 g/mol. The smallest absolute Gasteiger partial charge is 0.235 e. The Morgan fingerprint density at radius 2 is 2.10 bits per heavy atom. The highest BCUT2D eigenvalue weighted by molar-refractivity contribution is 6.56. The predicted molar refractivity (Wildman–Crippen MR) is 44.3 cm³/mol. The van der Waals surface area contributed by atoms with Crippen molar-refractivity contribution in [2.24, 2.45) is 0 Å². The SMILES string of the molecule is C/C=C/[Si](C)OCCOC. The van der Waals surface area contributed by atoms with Gasteiger partial charge in [0.15, 0.2) is 0 Å². The van der Waals surface area contributed by atoms with Crippen molar-refractivity contribution >= 4 is 9.04 Å². The topological polar surface area (TPSA) is 18.5 Å². The van der Waals surface area contributed by atoms with Crippen molar-refractivity contribution in [1.82, 2.24) is 0 Å². The molecule has 0 atom stereocenters. The van der Waals surface area contributed by atoms with E-state index in [0.717, 1.165) is 0 Å². The third-order valence-corrected chi connectivity index (χ3v) is 2.48. The summed E-state index contributed by atoms with van der Waals surface area (Å²) in [5.74, 6) is 0. The maximum absolute atomic E-state index is 5.41. The standard InChI is InChI=1S/C7H15O2Si/c1-4-7-10(3)9-6-5-8-2/h4,7H,5-6H2,1-3H3/b7-4+. The van der Waals surface area contributed by atoms with Crippen molar-refractivity contribution in [3.8, 4) is 0 Å². The van der Waals surface area contributed by atoms with Crippen LogP contribution in [0, 0.1) is 0 Å². The van der Waals surface area contributed by atoms with E-state index in [4.69, 9.17) is 9.16 Å². The van der Waals surface area contributed by atoms with Crippen LogP contribution in [0.25, 0.3) is 0 Å². The molecule has 0 unspecified atom stereocenters. The first kappa shape index (κ1) is 9.88. The molecule has 0 spiro atoms. The summed E-state index contributed by atoms with van der Waals surface area (Å²) in [5.41, 5.74) is 2.11. The lowest BCUT2D eigenvalue weighted by atomic mass is 10.8. The highest BCUT2D eigenvalue weighted by Gasteiger charge is 1.97. The molecule has 59 valence electrons. The summed E-state index contributed by atoms with van der Waals surface area (Å²) in [5, 5.41) is 0. The first-order valence-electron chi connectivity index (χ1n) is 3.39. The lowest BCUT2D eigenvalue weighted by Gasteiger charge is -2.04. The minimum atomic E-state index is -0.674. The van der Waals surface area contributed by atoms with Gasteiger partial charge in [0.05, 0.1) is 13.2 Å². The fraction of sp³-hybridized carbons (Fsp3) is 0.714. The maximum Gasteiger partial charge on any atom is 0.235 e. The van der Waals surface area contributed by atoms with Gasteiger partial charge in [0, 0.05) is 7.11 Å². The van der Waals surface area contributed by atoms with Gasteiger partial charge in [-0.05, 0) is 13.5 Å². The summed E-state index contributed by atoms with van der Waals surface area (Å²) >= 11 is 0. The molecule has 0 aromatic heterocycles. The summed E-state index contributed by atoms with van der Waals surface area (Å²) in [6.07, 6.45) is 2.03. The number of hydrogen-bond acceptors (Lipinski definition) is 2. The van der Waals surface area contributed by atoms with Crippen LogP contribution in [0.5, 0.6) is 0 Å². The summed E-state index contributed by atoms with van der Waals surface area (Å²) < 4.78 is 10.3. The van der Waals surface area contributed by atoms with Gasteiger partial charge in [-0.3, -0.25) is 0 Å². The van der Waals surface area contributed by atoms with E-state index in [9.17, 15) is 0 Å². The van der Waals surface area contributed by atoms with Crippen molar-refractivity contribution in [1.29, 1.82) is 0 Å². The summed E-state index contributed by atoms with van der Waals surface area (Å²) in [7, 11) is 1.01. The van der Waals surface area contributed by atoms with Gasteiger partial charge in [0.25, 0.3) is 0 Å². The van der Waals surface area contributed by atoms with Crippen LogP contribution in [-0.4, -0.2) is 29.4 Å². The van der Waals surface area contributed by atoms with Gasteiger partial charge >= 0.3 is 0 Å². The monoisotopic (exact) mass is 159 g/mol. The van der Waals surface area contributed by atoms with Crippen LogP contribution in [0.2, 0.25) is 6.55 Å². The molecule has 1 radical (unpaired) electrons. The first-order valence-corrected chi connectivity index (χ1v) is 5.37. The van der Waals surface area contributed by atoms with Crippen LogP contribution in [0.1, 0.15) is 6.92 Å². The van der Waals surface area contributed by atoms with Crippen LogP contribution >= 0.6 is 0 Å². The second-order valence-corrected chi connectivity index (χ2v) is 3.80. The Labute approximate surface area is 64.6 Å². The van der Waals surface area contributed by atoms with E-state index in [-0.39, 0.29) is 0 Å². The first-order chi connectivity index (χ1) is 4.81. The molecule has 2 nitrogen and oxygen atoms in total. The van der Waals surface area contributed by atoms with E-state index in [1.807, 2.05) is 13.0 Å². The second-order valence-electron chi connectivity index (χ2n) is 1.95.